The highest BCUT2D eigenvalue weighted by Crippen LogP contribution is 2.27. The first-order chi connectivity index (χ1) is 10.7. The number of nitrogens with zero attached hydrogens (tertiary/aromatic N) is 2. The van der Waals surface area contributed by atoms with Crippen molar-refractivity contribution in [3.8, 4) is 6.07 Å². The van der Waals surface area contributed by atoms with Crippen molar-refractivity contribution in [2.45, 2.75) is 31.6 Å². The molecule has 1 aliphatic heterocycles. The first-order valence-electron chi connectivity index (χ1n) is 7.22. The molecule has 2 atom stereocenters. The van der Waals surface area contributed by atoms with E-state index in [0.717, 1.165) is 16.4 Å². The van der Waals surface area contributed by atoms with E-state index < -0.39 is 33.5 Å². The van der Waals surface area contributed by atoms with Crippen LogP contribution in [0.15, 0.2) is 18.2 Å². The van der Waals surface area contributed by atoms with E-state index in [1.54, 1.807) is 6.07 Å². The second kappa shape index (κ2) is 6.64. The van der Waals surface area contributed by atoms with Gasteiger partial charge in [-0.1, -0.05) is 13.0 Å². The third-order valence-electron chi connectivity index (χ3n) is 4.03. The Kier molecular flexibility index (Phi) is 5.02. The SMILES string of the molecule is CC1CCN(S(=O)(=O)Cc2ccc(F)cc2C#N)C(C(N)=O)C1. The van der Waals surface area contributed by atoms with E-state index >= 15 is 0 Å². The van der Waals surface area contributed by atoms with Crippen molar-refractivity contribution in [2.75, 3.05) is 6.54 Å². The fourth-order valence-electron chi connectivity index (χ4n) is 2.77. The molecule has 1 amide bonds. The minimum atomic E-state index is -3.84. The highest BCUT2D eigenvalue weighted by molar-refractivity contribution is 7.88. The van der Waals surface area contributed by atoms with Crippen LogP contribution < -0.4 is 5.73 Å². The zero-order valence-electron chi connectivity index (χ0n) is 12.7. The zero-order valence-corrected chi connectivity index (χ0v) is 13.5. The number of primary amides is 1. The molecule has 1 aromatic rings. The summed E-state index contributed by atoms with van der Waals surface area (Å²) in [6.07, 6.45) is 1.01. The van der Waals surface area contributed by atoms with Crippen LogP contribution in [0, 0.1) is 23.1 Å². The lowest BCUT2D eigenvalue weighted by Crippen LogP contribution is -2.52. The number of hydrogen-bond donors (Lipinski definition) is 1. The average molecular weight is 339 g/mol. The fourth-order valence-corrected chi connectivity index (χ4v) is 4.54. The standard InChI is InChI=1S/C15H18FN3O3S/c1-10-4-5-19(14(6-10)15(18)20)23(21,22)9-11-2-3-13(16)7-12(11)8-17/h2-3,7,10,14H,4-6,9H2,1H3,(H2,18,20). The summed E-state index contributed by atoms with van der Waals surface area (Å²) in [7, 11) is -3.84. The van der Waals surface area contributed by atoms with Gasteiger partial charge in [0.1, 0.15) is 11.9 Å². The maximum absolute atomic E-state index is 13.2. The maximum Gasteiger partial charge on any atom is 0.235 e. The molecular weight excluding hydrogens is 321 g/mol. The van der Waals surface area contributed by atoms with E-state index in [2.05, 4.69) is 0 Å². The number of sulfonamides is 1. The summed E-state index contributed by atoms with van der Waals surface area (Å²) in [6, 6.07) is 4.28. The average Bonchev–Trinajstić information content (AvgIpc) is 2.48. The van der Waals surface area contributed by atoms with Crippen LogP contribution >= 0.6 is 0 Å². The molecule has 2 rings (SSSR count). The number of carbonyl (C=O) groups excluding carboxylic acids is 1. The summed E-state index contributed by atoms with van der Waals surface area (Å²) in [4.78, 5) is 11.6. The van der Waals surface area contributed by atoms with Gasteiger partial charge in [-0.25, -0.2) is 12.8 Å². The van der Waals surface area contributed by atoms with Crippen LogP contribution in [-0.4, -0.2) is 31.2 Å². The molecule has 124 valence electrons. The smallest absolute Gasteiger partial charge is 0.235 e. The minimum absolute atomic E-state index is 0.0328. The zero-order chi connectivity index (χ0) is 17.2. The van der Waals surface area contributed by atoms with E-state index in [1.165, 1.54) is 6.07 Å². The van der Waals surface area contributed by atoms with E-state index in [9.17, 15) is 17.6 Å². The van der Waals surface area contributed by atoms with Crippen molar-refractivity contribution in [3.63, 3.8) is 0 Å². The molecule has 23 heavy (non-hydrogen) atoms. The largest absolute Gasteiger partial charge is 0.368 e. The van der Waals surface area contributed by atoms with Crippen molar-refractivity contribution in [3.05, 3.63) is 35.1 Å². The molecule has 2 unspecified atom stereocenters. The van der Waals surface area contributed by atoms with Crippen LogP contribution in [0.4, 0.5) is 4.39 Å². The number of rotatable bonds is 4. The Labute approximate surface area is 134 Å². The van der Waals surface area contributed by atoms with Crippen LogP contribution in [0.3, 0.4) is 0 Å². The lowest BCUT2D eigenvalue weighted by atomic mass is 9.94. The molecule has 8 heteroatoms. The molecule has 0 radical (unpaired) electrons. The number of benzene rings is 1. The van der Waals surface area contributed by atoms with Gasteiger partial charge in [0.25, 0.3) is 0 Å². The number of hydrogen-bond acceptors (Lipinski definition) is 4. The Morgan fingerprint density at radius 1 is 1.52 bits per heavy atom. The third kappa shape index (κ3) is 3.86. The van der Waals surface area contributed by atoms with Crippen LogP contribution in [0.5, 0.6) is 0 Å². The van der Waals surface area contributed by atoms with Gasteiger partial charge in [0, 0.05) is 6.54 Å². The van der Waals surface area contributed by atoms with Gasteiger partial charge >= 0.3 is 0 Å². The lowest BCUT2D eigenvalue weighted by molar-refractivity contribution is -0.123. The van der Waals surface area contributed by atoms with Crippen LogP contribution in [0.25, 0.3) is 0 Å². The Bertz CT molecular complexity index is 758. The lowest BCUT2D eigenvalue weighted by Gasteiger charge is -2.35. The molecule has 1 heterocycles. The molecular formula is C15H18FN3O3S. The number of carbonyl (C=O) groups is 1. The van der Waals surface area contributed by atoms with Crippen molar-refractivity contribution < 1.29 is 17.6 Å². The minimum Gasteiger partial charge on any atom is -0.368 e. The van der Waals surface area contributed by atoms with E-state index in [0.29, 0.717) is 12.8 Å². The molecule has 0 spiro atoms. The Balaban J connectivity index is 2.31. The second-order valence-electron chi connectivity index (χ2n) is 5.83. The highest BCUT2D eigenvalue weighted by atomic mass is 32.2. The second-order valence-corrected chi connectivity index (χ2v) is 7.75. The first-order valence-corrected chi connectivity index (χ1v) is 8.83. The summed E-state index contributed by atoms with van der Waals surface area (Å²) in [6.45, 7) is 2.15. The number of amides is 1. The summed E-state index contributed by atoms with van der Waals surface area (Å²) in [5, 5.41) is 9.03. The molecule has 0 aliphatic carbocycles. The van der Waals surface area contributed by atoms with Crippen molar-refractivity contribution in [1.82, 2.24) is 4.31 Å². The quantitative estimate of drug-likeness (QED) is 0.887. The van der Waals surface area contributed by atoms with Gasteiger partial charge in [-0.05, 0) is 36.5 Å². The van der Waals surface area contributed by atoms with Gasteiger partial charge in [0.2, 0.25) is 15.9 Å². The molecule has 1 fully saturated rings. The summed E-state index contributed by atoms with van der Waals surface area (Å²) < 4.78 is 39.6. The summed E-state index contributed by atoms with van der Waals surface area (Å²) in [5.41, 5.74) is 5.51. The predicted molar refractivity (Wildman–Crippen MR) is 81.8 cm³/mol. The van der Waals surface area contributed by atoms with E-state index in [-0.39, 0.29) is 23.6 Å². The first kappa shape index (κ1) is 17.4. The van der Waals surface area contributed by atoms with Crippen LogP contribution in [0.1, 0.15) is 30.9 Å². The van der Waals surface area contributed by atoms with Gasteiger partial charge in [-0.3, -0.25) is 4.79 Å². The normalized spacial score (nSPS) is 22.5. The topological polar surface area (TPSA) is 104 Å². The van der Waals surface area contributed by atoms with Gasteiger partial charge in [-0.15, -0.1) is 0 Å². The molecule has 1 aromatic carbocycles. The molecule has 2 N–H and O–H groups in total. The Hall–Kier alpha value is -1.98. The number of nitriles is 1. The molecule has 6 nitrogen and oxygen atoms in total. The van der Waals surface area contributed by atoms with Gasteiger partial charge < -0.3 is 5.73 Å². The highest BCUT2D eigenvalue weighted by Gasteiger charge is 2.38. The number of halogens is 1. The van der Waals surface area contributed by atoms with Gasteiger partial charge in [0.15, 0.2) is 0 Å². The summed E-state index contributed by atoms with van der Waals surface area (Å²) >= 11 is 0. The van der Waals surface area contributed by atoms with Crippen molar-refractivity contribution in [1.29, 1.82) is 5.26 Å². The van der Waals surface area contributed by atoms with Crippen molar-refractivity contribution in [2.24, 2.45) is 11.7 Å². The molecule has 1 aliphatic rings. The molecule has 1 saturated heterocycles. The third-order valence-corrected chi connectivity index (χ3v) is 5.86. The van der Waals surface area contributed by atoms with E-state index in [1.807, 2.05) is 6.92 Å². The monoisotopic (exact) mass is 339 g/mol. The van der Waals surface area contributed by atoms with Gasteiger partial charge in [-0.2, -0.15) is 9.57 Å². The van der Waals surface area contributed by atoms with Crippen molar-refractivity contribution >= 4 is 15.9 Å². The maximum atomic E-state index is 13.2. The molecule has 0 bridgehead atoms. The Morgan fingerprint density at radius 2 is 2.22 bits per heavy atom. The van der Waals surface area contributed by atoms with E-state index in [4.69, 9.17) is 11.0 Å². The number of piperidine rings is 1. The van der Waals surface area contributed by atoms with Gasteiger partial charge in [0.05, 0.1) is 17.4 Å². The van der Waals surface area contributed by atoms with Crippen LogP contribution in [-0.2, 0) is 20.6 Å². The molecule has 0 saturated carbocycles. The Morgan fingerprint density at radius 3 is 2.83 bits per heavy atom. The summed E-state index contributed by atoms with van der Waals surface area (Å²) in [5.74, 6) is -1.54. The predicted octanol–water partition coefficient (Wildman–Crippen LogP) is 1.11. The fraction of sp³-hybridized carbons (Fsp3) is 0.467. The van der Waals surface area contributed by atoms with Crippen LogP contribution in [0.2, 0.25) is 0 Å². The molecule has 0 aromatic heterocycles. The number of nitrogens with two attached hydrogens (primary N) is 1.